The van der Waals surface area contributed by atoms with Crippen LogP contribution in [0.4, 0.5) is 4.39 Å². The van der Waals surface area contributed by atoms with E-state index in [1.165, 1.54) is 18.2 Å². The van der Waals surface area contributed by atoms with E-state index in [0.717, 1.165) is 5.52 Å². The molecule has 0 saturated carbocycles. The van der Waals surface area contributed by atoms with Gasteiger partial charge in [0.15, 0.2) is 5.65 Å². The maximum atomic E-state index is 14.0. The summed E-state index contributed by atoms with van der Waals surface area (Å²) in [6.45, 7) is 0.755. The van der Waals surface area contributed by atoms with Crippen molar-refractivity contribution in [2.75, 3.05) is 13.1 Å². The van der Waals surface area contributed by atoms with Crippen molar-refractivity contribution in [3.8, 4) is 0 Å². The Kier molecular flexibility index (Phi) is 4.03. The molecule has 3 aromatic rings. The van der Waals surface area contributed by atoms with E-state index in [2.05, 4.69) is 4.98 Å². The van der Waals surface area contributed by atoms with Crippen molar-refractivity contribution >= 4 is 28.7 Å². The second-order valence-corrected chi connectivity index (χ2v) is 6.81. The molecular formula is C18H16ClFN4O2. The summed E-state index contributed by atoms with van der Waals surface area (Å²) in [6, 6.07) is 7.33. The Bertz CT molecular complexity index is 1070. The third-order valence-corrected chi connectivity index (χ3v) is 5.06. The first kappa shape index (κ1) is 16.8. The highest BCUT2D eigenvalue weighted by Gasteiger charge is 2.32. The number of hydrogen-bond acceptors (Lipinski definition) is 3. The van der Waals surface area contributed by atoms with Crippen molar-refractivity contribution in [2.45, 2.75) is 12.5 Å². The topological polar surface area (TPSA) is 60.1 Å². The molecule has 1 atom stereocenters. The van der Waals surface area contributed by atoms with E-state index in [9.17, 15) is 14.0 Å². The number of nitrogens with zero attached hydrogens (tertiary/aromatic N) is 4. The highest BCUT2D eigenvalue weighted by atomic mass is 35.5. The van der Waals surface area contributed by atoms with Crippen LogP contribution in [0.25, 0.3) is 11.2 Å². The molecule has 1 aliphatic heterocycles. The zero-order valence-corrected chi connectivity index (χ0v) is 14.8. The predicted molar refractivity (Wildman–Crippen MR) is 95.9 cm³/mol. The molecule has 1 fully saturated rings. The number of aryl methyl sites for hydroxylation is 1. The maximum absolute atomic E-state index is 14.0. The van der Waals surface area contributed by atoms with Crippen LogP contribution in [0.15, 0.2) is 41.3 Å². The van der Waals surface area contributed by atoms with Crippen molar-refractivity contribution in [3.05, 3.63) is 63.4 Å². The maximum Gasteiger partial charge on any atom is 0.330 e. The first-order chi connectivity index (χ1) is 12.5. The van der Waals surface area contributed by atoms with Crippen LogP contribution in [0.1, 0.15) is 22.8 Å². The predicted octanol–water partition coefficient (Wildman–Crippen LogP) is 2.61. The van der Waals surface area contributed by atoms with E-state index in [0.29, 0.717) is 30.2 Å². The fraction of sp³-hybridized carbons (Fsp3) is 0.278. The van der Waals surface area contributed by atoms with Crippen LogP contribution < -0.4 is 5.69 Å². The SMILES string of the molecule is Cn1c(=O)n([C@@H]2CCN(C(=O)c3cc(Cl)ccc3F)C2)c2ncccc21. The Morgan fingerprint density at radius 3 is 2.96 bits per heavy atom. The highest BCUT2D eigenvalue weighted by molar-refractivity contribution is 6.31. The smallest absolute Gasteiger partial charge is 0.330 e. The highest BCUT2D eigenvalue weighted by Crippen LogP contribution is 2.26. The quantitative estimate of drug-likeness (QED) is 0.692. The molecule has 2 aromatic heterocycles. The lowest BCUT2D eigenvalue weighted by atomic mass is 10.2. The summed E-state index contributed by atoms with van der Waals surface area (Å²) in [4.78, 5) is 31.2. The van der Waals surface area contributed by atoms with Crippen LogP contribution >= 0.6 is 11.6 Å². The van der Waals surface area contributed by atoms with Crippen LogP contribution in [0, 0.1) is 5.82 Å². The molecule has 8 heteroatoms. The normalized spacial score (nSPS) is 17.2. The molecule has 1 amide bonds. The van der Waals surface area contributed by atoms with Crippen LogP contribution in [0.2, 0.25) is 5.02 Å². The lowest BCUT2D eigenvalue weighted by Crippen LogP contribution is -2.32. The van der Waals surface area contributed by atoms with Gasteiger partial charge >= 0.3 is 5.69 Å². The summed E-state index contributed by atoms with van der Waals surface area (Å²) in [5.41, 5.74) is 1.10. The van der Waals surface area contributed by atoms with Gasteiger partial charge in [-0.15, -0.1) is 0 Å². The van der Waals surface area contributed by atoms with Gasteiger partial charge < -0.3 is 4.90 Å². The number of halogens is 2. The summed E-state index contributed by atoms with van der Waals surface area (Å²) < 4.78 is 17.2. The minimum atomic E-state index is -0.605. The van der Waals surface area contributed by atoms with Gasteiger partial charge in [-0.1, -0.05) is 11.6 Å². The molecule has 0 aliphatic carbocycles. The average Bonchev–Trinajstić information content (AvgIpc) is 3.21. The Balaban J connectivity index is 1.66. The van der Waals surface area contributed by atoms with Crippen LogP contribution in [-0.2, 0) is 7.05 Å². The van der Waals surface area contributed by atoms with Crippen LogP contribution in [-0.4, -0.2) is 38.0 Å². The van der Waals surface area contributed by atoms with Gasteiger partial charge in [0, 0.05) is 31.4 Å². The number of likely N-dealkylation sites (tertiary alicyclic amines) is 1. The molecule has 1 saturated heterocycles. The standard InChI is InChI=1S/C18H16ClFN4O2/c1-22-15-3-2-7-21-16(15)24(18(22)26)12-6-8-23(10-12)17(25)13-9-11(19)4-5-14(13)20/h2-5,7,9,12H,6,8,10H2,1H3/t12-/m1/s1. The number of pyridine rings is 1. The van der Waals surface area contributed by atoms with Gasteiger partial charge in [-0.05, 0) is 36.8 Å². The van der Waals surface area contributed by atoms with Crippen LogP contribution in [0.3, 0.4) is 0 Å². The molecule has 0 N–H and O–H groups in total. The molecule has 0 unspecified atom stereocenters. The summed E-state index contributed by atoms with van der Waals surface area (Å²) in [6.07, 6.45) is 2.24. The molecule has 6 nitrogen and oxygen atoms in total. The van der Waals surface area contributed by atoms with Gasteiger partial charge in [0.05, 0.1) is 17.1 Å². The average molecular weight is 375 g/mol. The van der Waals surface area contributed by atoms with Crippen molar-refractivity contribution in [2.24, 2.45) is 7.05 Å². The molecular weight excluding hydrogens is 359 g/mol. The summed E-state index contributed by atoms with van der Waals surface area (Å²) in [7, 11) is 1.70. The van der Waals surface area contributed by atoms with Crippen molar-refractivity contribution in [3.63, 3.8) is 0 Å². The molecule has 4 rings (SSSR count). The third kappa shape index (κ3) is 2.59. The number of fused-ring (bicyclic) bond motifs is 1. The molecule has 26 heavy (non-hydrogen) atoms. The van der Waals surface area contributed by atoms with Gasteiger partial charge in [0.25, 0.3) is 5.91 Å². The van der Waals surface area contributed by atoms with Gasteiger partial charge in [-0.2, -0.15) is 0 Å². The Morgan fingerprint density at radius 1 is 1.35 bits per heavy atom. The Morgan fingerprint density at radius 2 is 2.15 bits per heavy atom. The minimum absolute atomic E-state index is 0.0541. The van der Waals surface area contributed by atoms with Gasteiger partial charge in [0.1, 0.15) is 5.82 Å². The number of carbonyl (C=O) groups is 1. The van der Waals surface area contributed by atoms with Crippen LogP contribution in [0.5, 0.6) is 0 Å². The number of imidazole rings is 1. The first-order valence-corrected chi connectivity index (χ1v) is 8.61. The molecule has 0 radical (unpaired) electrons. The van der Waals surface area contributed by atoms with E-state index in [1.54, 1.807) is 33.3 Å². The zero-order valence-electron chi connectivity index (χ0n) is 14.0. The molecule has 3 heterocycles. The van der Waals surface area contributed by atoms with Crippen molar-refractivity contribution in [1.82, 2.24) is 19.0 Å². The number of amides is 1. The second kappa shape index (κ2) is 6.25. The summed E-state index contributed by atoms with van der Waals surface area (Å²) in [5.74, 6) is -1.03. The van der Waals surface area contributed by atoms with E-state index < -0.39 is 11.7 Å². The molecule has 0 bridgehead atoms. The second-order valence-electron chi connectivity index (χ2n) is 6.38. The van der Waals surface area contributed by atoms with E-state index in [-0.39, 0.29) is 17.3 Å². The fourth-order valence-electron chi connectivity index (χ4n) is 3.49. The van der Waals surface area contributed by atoms with Gasteiger partial charge in [-0.25, -0.2) is 14.2 Å². The molecule has 0 spiro atoms. The number of carbonyl (C=O) groups excluding carboxylic acids is 1. The molecule has 1 aromatic carbocycles. The minimum Gasteiger partial charge on any atom is -0.336 e. The molecule has 1 aliphatic rings. The third-order valence-electron chi connectivity index (χ3n) is 4.82. The lowest BCUT2D eigenvalue weighted by Gasteiger charge is -2.17. The van der Waals surface area contributed by atoms with E-state index in [1.807, 2.05) is 6.07 Å². The van der Waals surface area contributed by atoms with Gasteiger partial charge in [-0.3, -0.25) is 13.9 Å². The number of benzene rings is 1. The molecule has 134 valence electrons. The lowest BCUT2D eigenvalue weighted by molar-refractivity contribution is 0.0783. The monoisotopic (exact) mass is 374 g/mol. The summed E-state index contributed by atoms with van der Waals surface area (Å²) >= 11 is 5.89. The van der Waals surface area contributed by atoms with Crippen molar-refractivity contribution in [1.29, 1.82) is 0 Å². The van der Waals surface area contributed by atoms with E-state index >= 15 is 0 Å². The largest absolute Gasteiger partial charge is 0.336 e. The zero-order chi connectivity index (χ0) is 18.4. The fourth-order valence-corrected chi connectivity index (χ4v) is 3.66. The van der Waals surface area contributed by atoms with Crippen molar-refractivity contribution < 1.29 is 9.18 Å². The van der Waals surface area contributed by atoms with E-state index in [4.69, 9.17) is 11.6 Å². The Hall–Kier alpha value is -2.67. The first-order valence-electron chi connectivity index (χ1n) is 8.23. The number of rotatable bonds is 2. The number of aromatic nitrogens is 3. The van der Waals surface area contributed by atoms with Gasteiger partial charge in [0.2, 0.25) is 0 Å². The summed E-state index contributed by atoms with van der Waals surface area (Å²) in [5, 5.41) is 0.306. The number of hydrogen-bond donors (Lipinski definition) is 0. The Labute approximate surface area is 153 Å².